The molecule has 0 aromatic rings. The summed E-state index contributed by atoms with van der Waals surface area (Å²) in [6.45, 7) is 2.58. The lowest BCUT2D eigenvalue weighted by Crippen LogP contribution is -2.55. The molecule has 0 aliphatic rings. The summed E-state index contributed by atoms with van der Waals surface area (Å²) in [4.78, 5) is 0. The molecule has 0 fully saturated rings. The van der Waals surface area contributed by atoms with Crippen molar-refractivity contribution in [3.63, 3.8) is 0 Å². The van der Waals surface area contributed by atoms with E-state index >= 15 is 0 Å². The standard InChI is InChI=1S/C4H11NO/c1-2-4(6)3-5/h4,6H,2-3,5H2,1H3/p+1/t4-/m1/s1. The highest BCUT2D eigenvalue weighted by atomic mass is 16.3. The Morgan fingerprint density at radius 1 is 1.83 bits per heavy atom. The first-order chi connectivity index (χ1) is 2.81. The molecule has 2 nitrogen and oxygen atoms in total. The summed E-state index contributed by atoms with van der Waals surface area (Å²) in [6.07, 6.45) is 0.647. The van der Waals surface area contributed by atoms with Crippen LogP contribution in [0.5, 0.6) is 0 Å². The van der Waals surface area contributed by atoms with Crippen molar-refractivity contribution < 1.29 is 10.8 Å². The minimum atomic E-state index is -0.176. The second-order valence-corrected chi connectivity index (χ2v) is 1.35. The molecular weight excluding hydrogens is 78.1 g/mol. The normalized spacial score (nSPS) is 14.5. The van der Waals surface area contributed by atoms with Crippen molar-refractivity contribution in [3.05, 3.63) is 0 Å². The van der Waals surface area contributed by atoms with Gasteiger partial charge in [0.15, 0.2) is 0 Å². The summed E-state index contributed by atoms with van der Waals surface area (Å²) in [5, 5.41) is 8.60. The quantitative estimate of drug-likeness (QED) is 0.449. The van der Waals surface area contributed by atoms with Crippen LogP contribution in [0.4, 0.5) is 0 Å². The van der Waals surface area contributed by atoms with Crippen molar-refractivity contribution in [1.82, 2.24) is 0 Å². The molecule has 0 aliphatic heterocycles. The van der Waals surface area contributed by atoms with Crippen LogP contribution in [-0.2, 0) is 0 Å². The van der Waals surface area contributed by atoms with E-state index in [1.807, 2.05) is 6.92 Å². The van der Waals surface area contributed by atoms with E-state index in [0.29, 0.717) is 6.54 Å². The molecule has 0 aromatic heterocycles. The van der Waals surface area contributed by atoms with E-state index < -0.39 is 0 Å². The number of hydrogen-bond acceptors (Lipinski definition) is 1. The van der Waals surface area contributed by atoms with Gasteiger partial charge in [-0.25, -0.2) is 0 Å². The van der Waals surface area contributed by atoms with Crippen LogP contribution >= 0.6 is 0 Å². The van der Waals surface area contributed by atoms with E-state index in [2.05, 4.69) is 5.73 Å². The number of hydrogen-bond donors (Lipinski definition) is 2. The van der Waals surface area contributed by atoms with Gasteiger partial charge in [0.1, 0.15) is 12.6 Å². The van der Waals surface area contributed by atoms with Crippen LogP contribution in [0.3, 0.4) is 0 Å². The van der Waals surface area contributed by atoms with E-state index in [0.717, 1.165) is 6.42 Å². The van der Waals surface area contributed by atoms with Gasteiger partial charge in [-0.3, -0.25) is 0 Å². The molecule has 0 amide bonds. The Bertz CT molecular complexity index is 26.7. The molecule has 0 heterocycles. The largest absolute Gasteiger partial charge is 0.387 e. The Morgan fingerprint density at radius 2 is 2.33 bits per heavy atom. The Hall–Kier alpha value is -0.0800. The van der Waals surface area contributed by atoms with Crippen molar-refractivity contribution in [2.75, 3.05) is 6.54 Å². The topological polar surface area (TPSA) is 47.9 Å². The van der Waals surface area contributed by atoms with Crippen LogP contribution in [0.1, 0.15) is 13.3 Å². The van der Waals surface area contributed by atoms with Gasteiger partial charge in [0.05, 0.1) is 0 Å². The second-order valence-electron chi connectivity index (χ2n) is 1.35. The van der Waals surface area contributed by atoms with Gasteiger partial charge in [-0.15, -0.1) is 0 Å². The monoisotopic (exact) mass is 90.1 g/mol. The minimum Gasteiger partial charge on any atom is -0.387 e. The van der Waals surface area contributed by atoms with Crippen molar-refractivity contribution in [2.24, 2.45) is 0 Å². The molecule has 0 radical (unpaired) electrons. The third-order valence-electron chi connectivity index (χ3n) is 0.804. The first-order valence-corrected chi connectivity index (χ1v) is 2.28. The van der Waals surface area contributed by atoms with Gasteiger partial charge in [0, 0.05) is 0 Å². The van der Waals surface area contributed by atoms with Crippen molar-refractivity contribution in [2.45, 2.75) is 19.4 Å². The summed E-state index contributed by atoms with van der Waals surface area (Å²) in [5.41, 5.74) is 3.51. The SMILES string of the molecule is CC[C@@H](O)C[NH3+]. The molecule has 0 saturated carbocycles. The van der Waals surface area contributed by atoms with Crippen LogP contribution in [0, 0.1) is 0 Å². The number of quaternary nitrogens is 1. The molecule has 0 rings (SSSR count). The fraction of sp³-hybridized carbons (Fsp3) is 1.00. The smallest absolute Gasteiger partial charge is 0.102 e. The van der Waals surface area contributed by atoms with Gasteiger partial charge in [0.2, 0.25) is 0 Å². The molecule has 0 bridgehead atoms. The predicted octanol–water partition coefficient (Wildman–Crippen LogP) is -1.00. The molecule has 0 aromatic carbocycles. The van der Waals surface area contributed by atoms with Crippen LogP contribution < -0.4 is 5.73 Å². The van der Waals surface area contributed by atoms with Crippen molar-refractivity contribution in [1.29, 1.82) is 0 Å². The molecule has 6 heavy (non-hydrogen) atoms. The maximum Gasteiger partial charge on any atom is 0.102 e. The zero-order valence-electron chi connectivity index (χ0n) is 4.15. The summed E-state index contributed by atoms with van der Waals surface area (Å²) in [5.74, 6) is 0. The van der Waals surface area contributed by atoms with Gasteiger partial charge < -0.3 is 10.8 Å². The number of aliphatic hydroxyl groups excluding tert-OH is 1. The van der Waals surface area contributed by atoms with E-state index in [9.17, 15) is 0 Å². The highest BCUT2D eigenvalue weighted by Crippen LogP contribution is 1.80. The Morgan fingerprint density at radius 3 is 2.33 bits per heavy atom. The Kier molecular flexibility index (Phi) is 3.08. The van der Waals surface area contributed by atoms with E-state index in [1.54, 1.807) is 0 Å². The molecule has 2 heteroatoms. The lowest BCUT2D eigenvalue weighted by atomic mass is 10.3. The highest BCUT2D eigenvalue weighted by molar-refractivity contribution is 4.42. The number of rotatable bonds is 2. The first kappa shape index (κ1) is 5.92. The van der Waals surface area contributed by atoms with Gasteiger partial charge in [-0.2, -0.15) is 0 Å². The average molecular weight is 90.1 g/mol. The van der Waals surface area contributed by atoms with E-state index in [1.165, 1.54) is 0 Å². The van der Waals surface area contributed by atoms with Crippen LogP contribution in [0.2, 0.25) is 0 Å². The van der Waals surface area contributed by atoms with Crippen LogP contribution in [-0.4, -0.2) is 17.8 Å². The van der Waals surface area contributed by atoms with Crippen molar-refractivity contribution in [3.8, 4) is 0 Å². The lowest BCUT2D eigenvalue weighted by molar-refractivity contribution is -0.383. The van der Waals surface area contributed by atoms with Gasteiger partial charge in [-0.1, -0.05) is 6.92 Å². The first-order valence-electron chi connectivity index (χ1n) is 2.28. The molecule has 0 unspecified atom stereocenters. The van der Waals surface area contributed by atoms with Crippen LogP contribution in [0.25, 0.3) is 0 Å². The van der Waals surface area contributed by atoms with Crippen LogP contribution in [0.15, 0.2) is 0 Å². The van der Waals surface area contributed by atoms with Gasteiger partial charge >= 0.3 is 0 Å². The van der Waals surface area contributed by atoms with Gasteiger partial charge in [0.25, 0.3) is 0 Å². The maximum atomic E-state index is 8.60. The third kappa shape index (κ3) is 2.18. The summed E-state index contributed by atoms with van der Waals surface area (Å²) in [7, 11) is 0. The summed E-state index contributed by atoms with van der Waals surface area (Å²) < 4.78 is 0. The Balaban J connectivity index is 2.75. The average Bonchev–Trinajstić information content (AvgIpc) is 1.65. The molecule has 0 aliphatic carbocycles. The zero-order chi connectivity index (χ0) is 4.99. The summed E-state index contributed by atoms with van der Waals surface area (Å²) >= 11 is 0. The zero-order valence-corrected chi connectivity index (χ0v) is 4.15. The minimum absolute atomic E-state index is 0.176. The molecule has 4 N–H and O–H groups in total. The van der Waals surface area contributed by atoms with E-state index in [4.69, 9.17) is 5.11 Å². The molecule has 0 spiro atoms. The Labute approximate surface area is 38.0 Å². The lowest BCUT2D eigenvalue weighted by Gasteiger charge is -1.95. The number of aliphatic hydroxyl groups is 1. The third-order valence-corrected chi connectivity index (χ3v) is 0.804. The molecule has 1 atom stereocenters. The highest BCUT2D eigenvalue weighted by Gasteiger charge is 1.94. The van der Waals surface area contributed by atoms with E-state index in [-0.39, 0.29) is 6.10 Å². The maximum absolute atomic E-state index is 8.60. The van der Waals surface area contributed by atoms with Crippen molar-refractivity contribution >= 4 is 0 Å². The molecule has 0 saturated heterocycles. The van der Waals surface area contributed by atoms with Gasteiger partial charge in [-0.05, 0) is 6.42 Å². The fourth-order valence-corrected chi connectivity index (χ4v) is 0.204. The summed E-state index contributed by atoms with van der Waals surface area (Å²) in [6, 6.07) is 0. The molecule has 38 valence electrons. The predicted molar refractivity (Wildman–Crippen MR) is 24.1 cm³/mol. The molecular formula is C4H12NO+. The fourth-order valence-electron chi connectivity index (χ4n) is 0.204. The second kappa shape index (κ2) is 3.12.